The molecule has 0 radical (unpaired) electrons. The zero-order chi connectivity index (χ0) is 14.5. The zero-order valence-electron chi connectivity index (χ0n) is 9.59. The van der Waals surface area contributed by atoms with Crippen molar-refractivity contribution in [2.75, 3.05) is 18.9 Å². The number of aliphatic hydroxyl groups is 1. The fourth-order valence-electron chi connectivity index (χ4n) is 1.13. The Labute approximate surface area is 112 Å². The molecule has 0 fully saturated rings. The summed E-state index contributed by atoms with van der Waals surface area (Å²) in [6.07, 6.45) is 2.25. The molecule has 0 aromatic carbocycles. The Morgan fingerprint density at radius 1 is 1.47 bits per heavy atom. The smallest absolute Gasteiger partial charge is 0.394 e. The lowest BCUT2D eigenvalue weighted by atomic mass is 10.7. The highest BCUT2D eigenvalue weighted by Gasteiger charge is 2.27. The molecule has 0 aliphatic heterocycles. The fourth-order valence-corrected chi connectivity index (χ4v) is 2.68. The highest BCUT2D eigenvalue weighted by Crippen LogP contribution is 2.29. The van der Waals surface area contributed by atoms with Crippen LogP contribution in [0.3, 0.4) is 0 Å². The molecule has 1 aromatic rings. The van der Waals surface area contributed by atoms with Gasteiger partial charge in [0.2, 0.25) is 10.0 Å². The van der Waals surface area contributed by atoms with Gasteiger partial charge in [0.25, 0.3) is 0 Å². The fraction of sp³-hybridized carbons (Fsp3) is 0.625. The van der Waals surface area contributed by atoms with E-state index in [1.807, 2.05) is 4.72 Å². The summed E-state index contributed by atoms with van der Waals surface area (Å²) in [5.41, 5.74) is -4.38. The molecule has 1 rings (SSSR count). The van der Waals surface area contributed by atoms with Crippen molar-refractivity contribution in [1.29, 1.82) is 0 Å². The molecular weight excluding hydrogens is 307 g/mol. The molecule has 110 valence electrons. The molecule has 0 atom stereocenters. The number of sulfonamides is 1. The summed E-state index contributed by atoms with van der Waals surface area (Å²) in [6.45, 7) is -0.395. The largest absolute Gasteiger partial charge is 0.441 e. The van der Waals surface area contributed by atoms with Gasteiger partial charge in [0, 0.05) is 18.5 Å². The maximum Gasteiger partial charge on any atom is 0.441 e. The number of halogens is 3. The Kier molecular flexibility index (Phi) is 5.64. The van der Waals surface area contributed by atoms with Gasteiger partial charge >= 0.3 is 5.51 Å². The molecule has 11 heteroatoms. The van der Waals surface area contributed by atoms with E-state index in [0.717, 1.165) is 6.20 Å². The lowest BCUT2D eigenvalue weighted by Crippen LogP contribution is -2.26. The molecule has 0 aliphatic rings. The lowest BCUT2D eigenvalue weighted by molar-refractivity contribution is -0.0327. The summed E-state index contributed by atoms with van der Waals surface area (Å²) in [5, 5.41) is 12.3. The third-order valence-electron chi connectivity index (χ3n) is 1.91. The number of alkyl halides is 3. The molecule has 1 heterocycles. The van der Waals surface area contributed by atoms with E-state index < -0.39 is 21.3 Å². The van der Waals surface area contributed by atoms with E-state index in [-0.39, 0.29) is 36.4 Å². The van der Waals surface area contributed by atoms with E-state index in [0.29, 0.717) is 0 Å². The van der Waals surface area contributed by atoms with Crippen LogP contribution in [0.2, 0.25) is 0 Å². The molecule has 2 N–H and O–H groups in total. The summed E-state index contributed by atoms with van der Waals surface area (Å²) in [7, 11) is -3.87. The quantitative estimate of drug-likeness (QED) is 0.711. The monoisotopic (exact) mass is 319 g/mol. The standard InChI is InChI=1S/C8H12F3N3O3S2/c9-8(10,11)18-4-1-13-19(16,17)7-5-12-14(6-7)2-3-15/h5-6,13,15H,1-4H2. The van der Waals surface area contributed by atoms with Gasteiger partial charge in [0.1, 0.15) is 4.90 Å². The van der Waals surface area contributed by atoms with Gasteiger partial charge in [-0.1, -0.05) is 0 Å². The van der Waals surface area contributed by atoms with Gasteiger partial charge < -0.3 is 5.11 Å². The minimum absolute atomic E-state index is 0.138. The average molecular weight is 319 g/mol. The first-order chi connectivity index (χ1) is 8.74. The number of rotatable bonds is 7. The Bertz CT molecular complexity index is 501. The molecule has 0 unspecified atom stereocenters. The number of aromatic nitrogens is 2. The van der Waals surface area contributed by atoms with Gasteiger partial charge in [-0.15, -0.1) is 0 Å². The predicted octanol–water partition coefficient (Wildman–Crippen LogP) is 0.407. The van der Waals surface area contributed by atoms with Gasteiger partial charge in [-0.25, -0.2) is 13.1 Å². The number of nitrogens with one attached hydrogen (secondary N) is 1. The number of hydrogen-bond donors (Lipinski definition) is 2. The predicted molar refractivity (Wildman–Crippen MR) is 63.0 cm³/mol. The second-order valence-corrected chi connectivity index (χ2v) is 6.28. The summed E-state index contributed by atoms with van der Waals surface area (Å²) < 4.78 is 62.1. The van der Waals surface area contributed by atoms with E-state index in [2.05, 4.69) is 5.10 Å². The molecule has 0 bridgehead atoms. The maximum absolute atomic E-state index is 11.8. The van der Waals surface area contributed by atoms with E-state index in [9.17, 15) is 21.6 Å². The van der Waals surface area contributed by atoms with Gasteiger partial charge in [0.05, 0.1) is 19.3 Å². The van der Waals surface area contributed by atoms with Crippen LogP contribution in [0.25, 0.3) is 0 Å². The molecule has 0 aliphatic carbocycles. The normalized spacial score (nSPS) is 12.8. The average Bonchev–Trinajstić information content (AvgIpc) is 2.73. The highest BCUT2D eigenvalue weighted by atomic mass is 32.2. The first-order valence-corrected chi connectivity index (χ1v) is 7.55. The topological polar surface area (TPSA) is 84.2 Å². The number of hydrogen-bond acceptors (Lipinski definition) is 5. The molecule has 6 nitrogen and oxygen atoms in total. The molecular formula is C8H12F3N3O3S2. The van der Waals surface area contributed by atoms with Crippen LogP contribution in [0.4, 0.5) is 13.2 Å². The Morgan fingerprint density at radius 2 is 2.16 bits per heavy atom. The molecule has 0 saturated carbocycles. The zero-order valence-corrected chi connectivity index (χ0v) is 11.2. The highest BCUT2D eigenvalue weighted by molar-refractivity contribution is 8.00. The SMILES string of the molecule is O=S(=O)(NCCSC(F)(F)F)c1cnn(CCO)c1. The number of nitrogens with zero attached hydrogens (tertiary/aromatic N) is 2. The second-order valence-electron chi connectivity index (χ2n) is 3.35. The third-order valence-corrected chi connectivity index (χ3v) is 4.06. The van der Waals surface area contributed by atoms with Gasteiger partial charge in [0.15, 0.2) is 0 Å². The number of thioether (sulfide) groups is 1. The Balaban J connectivity index is 2.51. The van der Waals surface area contributed by atoms with Crippen LogP contribution in [0, 0.1) is 0 Å². The third kappa shape index (κ3) is 5.80. The van der Waals surface area contributed by atoms with Crippen molar-refractivity contribution in [3.8, 4) is 0 Å². The van der Waals surface area contributed by atoms with Gasteiger partial charge in [-0.2, -0.15) is 18.3 Å². The first-order valence-electron chi connectivity index (χ1n) is 5.08. The second kappa shape index (κ2) is 6.59. The van der Waals surface area contributed by atoms with Crippen molar-refractivity contribution < 1.29 is 26.7 Å². The summed E-state index contributed by atoms with van der Waals surface area (Å²) in [5.74, 6) is -0.409. The first kappa shape index (κ1) is 16.3. The summed E-state index contributed by atoms with van der Waals surface area (Å²) in [6, 6.07) is 0. The Hall–Kier alpha value is -0.780. The van der Waals surface area contributed by atoms with E-state index in [1.54, 1.807) is 0 Å². The maximum atomic E-state index is 11.8. The van der Waals surface area contributed by atoms with Crippen molar-refractivity contribution in [3.63, 3.8) is 0 Å². The van der Waals surface area contributed by atoms with Crippen molar-refractivity contribution >= 4 is 21.8 Å². The van der Waals surface area contributed by atoms with Crippen LogP contribution in [0.1, 0.15) is 0 Å². The van der Waals surface area contributed by atoms with Crippen LogP contribution < -0.4 is 4.72 Å². The molecule has 19 heavy (non-hydrogen) atoms. The van der Waals surface area contributed by atoms with Gasteiger partial charge in [-0.05, 0) is 11.8 Å². The van der Waals surface area contributed by atoms with Crippen LogP contribution >= 0.6 is 11.8 Å². The van der Waals surface area contributed by atoms with Gasteiger partial charge in [-0.3, -0.25) is 4.68 Å². The molecule has 0 amide bonds. The van der Waals surface area contributed by atoms with E-state index in [1.165, 1.54) is 10.9 Å². The van der Waals surface area contributed by atoms with Crippen molar-refractivity contribution in [2.45, 2.75) is 16.9 Å². The van der Waals surface area contributed by atoms with Crippen LogP contribution in [0.15, 0.2) is 17.3 Å². The lowest BCUT2D eigenvalue weighted by Gasteiger charge is -2.06. The Morgan fingerprint density at radius 3 is 2.74 bits per heavy atom. The summed E-state index contributed by atoms with van der Waals surface area (Å²) in [4.78, 5) is -0.155. The van der Waals surface area contributed by atoms with E-state index in [4.69, 9.17) is 5.11 Å². The molecule has 0 saturated heterocycles. The van der Waals surface area contributed by atoms with Crippen LogP contribution in [-0.2, 0) is 16.6 Å². The van der Waals surface area contributed by atoms with Crippen LogP contribution in [-0.4, -0.2) is 47.7 Å². The minimum atomic E-state index is -4.38. The summed E-state index contributed by atoms with van der Waals surface area (Å²) >= 11 is -0.298. The van der Waals surface area contributed by atoms with Crippen molar-refractivity contribution in [1.82, 2.24) is 14.5 Å². The van der Waals surface area contributed by atoms with E-state index >= 15 is 0 Å². The minimum Gasteiger partial charge on any atom is -0.394 e. The van der Waals surface area contributed by atoms with Crippen molar-refractivity contribution in [3.05, 3.63) is 12.4 Å². The number of aliphatic hydroxyl groups excluding tert-OH is 1. The molecule has 0 spiro atoms. The van der Waals surface area contributed by atoms with Crippen molar-refractivity contribution in [2.24, 2.45) is 0 Å². The molecule has 1 aromatic heterocycles. The van der Waals surface area contributed by atoms with Crippen LogP contribution in [0.5, 0.6) is 0 Å².